The van der Waals surface area contributed by atoms with Crippen molar-refractivity contribution in [3.05, 3.63) is 54.1 Å². The number of nitrogens with two attached hydrogens (primary N) is 1. The van der Waals surface area contributed by atoms with Crippen molar-refractivity contribution in [3.63, 3.8) is 0 Å². The van der Waals surface area contributed by atoms with Gasteiger partial charge in [-0.1, -0.05) is 42.5 Å². The van der Waals surface area contributed by atoms with Crippen molar-refractivity contribution in [2.24, 2.45) is 0 Å². The highest BCUT2D eigenvalue weighted by Gasteiger charge is 2.05. The summed E-state index contributed by atoms with van der Waals surface area (Å²) in [5, 5.41) is 0. The van der Waals surface area contributed by atoms with Crippen LogP contribution in [0.2, 0.25) is 0 Å². The van der Waals surface area contributed by atoms with E-state index in [9.17, 15) is 8.42 Å². The van der Waals surface area contributed by atoms with Gasteiger partial charge in [0.1, 0.15) is 0 Å². The molecule has 19 heavy (non-hydrogen) atoms. The zero-order valence-electron chi connectivity index (χ0n) is 10.6. The van der Waals surface area contributed by atoms with E-state index < -0.39 is 10.0 Å². The van der Waals surface area contributed by atoms with Gasteiger partial charge in [0.05, 0.1) is 6.26 Å². The number of hydrogen-bond donors (Lipinski definition) is 2. The largest absolute Gasteiger partial charge is 0.398 e. The Labute approximate surface area is 113 Å². The maximum atomic E-state index is 11.1. The van der Waals surface area contributed by atoms with Gasteiger partial charge in [-0.05, 0) is 22.8 Å². The van der Waals surface area contributed by atoms with Gasteiger partial charge in [0.15, 0.2) is 0 Å². The summed E-state index contributed by atoms with van der Waals surface area (Å²) < 4.78 is 24.5. The van der Waals surface area contributed by atoms with Gasteiger partial charge in [0, 0.05) is 12.2 Å². The van der Waals surface area contributed by atoms with E-state index in [-0.39, 0.29) is 6.54 Å². The molecule has 0 unspecified atom stereocenters. The van der Waals surface area contributed by atoms with Crippen molar-refractivity contribution in [1.29, 1.82) is 0 Å². The molecule has 0 fully saturated rings. The van der Waals surface area contributed by atoms with Gasteiger partial charge in [-0.15, -0.1) is 0 Å². The number of benzene rings is 2. The molecule has 0 aromatic heterocycles. The molecule has 0 radical (unpaired) electrons. The molecule has 0 bridgehead atoms. The molecule has 5 heteroatoms. The van der Waals surface area contributed by atoms with E-state index in [2.05, 4.69) is 4.72 Å². The Morgan fingerprint density at radius 3 is 2.32 bits per heavy atom. The van der Waals surface area contributed by atoms with Crippen LogP contribution in [0.3, 0.4) is 0 Å². The van der Waals surface area contributed by atoms with E-state index in [0.717, 1.165) is 22.9 Å². The average Bonchev–Trinajstić information content (AvgIpc) is 2.37. The maximum absolute atomic E-state index is 11.1. The Bertz CT molecular complexity index is 667. The number of anilines is 1. The molecule has 0 heterocycles. The fraction of sp³-hybridized carbons (Fsp3) is 0.143. The van der Waals surface area contributed by atoms with Gasteiger partial charge in [-0.3, -0.25) is 0 Å². The number of sulfonamides is 1. The first-order chi connectivity index (χ1) is 8.96. The van der Waals surface area contributed by atoms with Crippen LogP contribution in [0.4, 0.5) is 5.69 Å². The molecular formula is C14H16N2O2S. The zero-order valence-corrected chi connectivity index (χ0v) is 11.4. The van der Waals surface area contributed by atoms with Gasteiger partial charge < -0.3 is 5.73 Å². The van der Waals surface area contributed by atoms with E-state index in [1.807, 2.05) is 48.5 Å². The van der Waals surface area contributed by atoms with Crippen LogP contribution in [-0.4, -0.2) is 14.7 Å². The van der Waals surface area contributed by atoms with Gasteiger partial charge in [0.2, 0.25) is 10.0 Å². The lowest BCUT2D eigenvalue weighted by Gasteiger charge is -2.09. The van der Waals surface area contributed by atoms with Crippen LogP contribution in [0.25, 0.3) is 11.1 Å². The summed E-state index contributed by atoms with van der Waals surface area (Å²) in [7, 11) is -3.21. The lowest BCUT2D eigenvalue weighted by molar-refractivity contribution is 0.587. The summed E-state index contributed by atoms with van der Waals surface area (Å²) in [6, 6.07) is 15.5. The van der Waals surface area contributed by atoms with Crippen LogP contribution in [0.5, 0.6) is 0 Å². The molecule has 0 amide bonds. The molecule has 4 nitrogen and oxygen atoms in total. The Morgan fingerprint density at radius 1 is 1.05 bits per heavy atom. The highest BCUT2D eigenvalue weighted by molar-refractivity contribution is 7.88. The number of rotatable bonds is 4. The van der Waals surface area contributed by atoms with Crippen LogP contribution in [0.1, 0.15) is 5.56 Å². The minimum atomic E-state index is -3.21. The Hall–Kier alpha value is -1.85. The molecule has 0 aliphatic rings. The average molecular weight is 276 g/mol. The second-order valence-corrected chi connectivity index (χ2v) is 6.21. The first-order valence-corrected chi connectivity index (χ1v) is 7.73. The fourth-order valence-electron chi connectivity index (χ4n) is 1.77. The third kappa shape index (κ3) is 3.81. The van der Waals surface area contributed by atoms with Crippen molar-refractivity contribution >= 4 is 15.7 Å². The molecule has 100 valence electrons. The minimum absolute atomic E-state index is 0.208. The standard InChI is InChI=1S/C14H16N2O2S/c1-19(17,18)16-10-13-8-7-12(9-14(13)15)11-5-3-2-4-6-11/h2-9,16H,10,15H2,1H3. The second kappa shape index (κ2) is 5.42. The number of nitrogen functional groups attached to an aromatic ring is 1. The Kier molecular flexibility index (Phi) is 3.87. The number of nitrogens with one attached hydrogen (secondary N) is 1. The van der Waals surface area contributed by atoms with E-state index in [0.29, 0.717) is 5.69 Å². The summed E-state index contributed by atoms with van der Waals surface area (Å²) in [4.78, 5) is 0. The molecule has 0 aliphatic heterocycles. The summed E-state index contributed by atoms with van der Waals surface area (Å²) in [5.41, 5.74) is 9.40. The summed E-state index contributed by atoms with van der Waals surface area (Å²) in [6.07, 6.45) is 1.13. The molecule has 0 atom stereocenters. The van der Waals surface area contributed by atoms with Crippen LogP contribution in [-0.2, 0) is 16.6 Å². The van der Waals surface area contributed by atoms with Crippen LogP contribution in [0.15, 0.2) is 48.5 Å². The predicted octanol–water partition coefficient (Wildman–Crippen LogP) is 1.98. The molecule has 0 saturated heterocycles. The molecule has 2 aromatic carbocycles. The maximum Gasteiger partial charge on any atom is 0.209 e. The van der Waals surface area contributed by atoms with Crippen molar-refractivity contribution < 1.29 is 8.42 Å². The topological polar surface area (TPSA) is 72.2 Å². The van der Waals surface area contributed by atoms with Crippen molar-refractivity contribution in [3.8, 4) is 11.1 Å². The van der Waals surface area contributed by atoms with Gasteiger partial charge in [-0.25, -0.2) is 13.1 Å². The minimum Gasteiger partial charge on any atom is -0.398 e. The van der Waals surface area contributed by atoms with Gasteiger partial charge in [-0.2, -0.15) is 0 Å². The predicted molar refractivity (Wildman–Crippen MR) is 78.0 cm³/mol. The Morgan fingerprint density at radius 2 is 1.74 bits per heavy atom. The second-order valence-electron chi connectivity index (χ2n) is 4.37. The molecular weight excluding hydrogens is 260 g/mol. The van der Waals surface area contributed by atoms with E-state index >= 15 is 0 Å². The third-order valence-electron chi connectivity index (χ3n) is 2.78. The molecule has 3 N–H and O–H groups in total. The van der Waals surface area contributed by atoms with Gasteiger partial charge >= 0.3 is 0 Å². The SMILES string of the molecule is CS(=O)(=O)NCc1ccc(-c2ccccc2)cc1N. The van der Waals surface area contributed by atoms with Crippen LogP contribution < -0.4 is 10.5 Å². The number of hydrogen-bond acceptors (Lipinski definition) is 3. The van der Waals surface area contributed by atoms with E-state index in [1.54, 1.807) is 0 Å². The van der Waals surface area contributed by atoms with Crippen molar-refractivity contribution in [2.75, 3.05) is 12.0 Å². The smallest absolute Gasteiger partial charge is 0.209 e. The summed E-state index contributed by atoms with van der Waals surface area (Å²) in [6.45, 7) is 0.208. The summed E-state index contributed by atoms with van der Waals surface area (Å²) >= 11 is 0. The molecule has 0 spiro atoms. The van der Waals surface area contributed by atoms with E-state index in [1.165, 1.54) is 0 Å². The Balaban J connectivity index is 2.23. The quantitative estimate of drug-likeness (QED) is 0.839. The monoisotopic (exact) mass is 276 g/mol. The van der Waals surface area contributed by atoms with Crippen molar-refractivity contribution in [2.45, 2.75) is 6.54 Å². The highest BCUT2D eigenvalue weighted by atomic mass is 32.2. The summed E-state index contributed by atoms with van der Waals surface area (Å²) in [5.74, 6) is 0. The van der Waals surface area contributed by atoms with Gasteiger partial charge in [0.25, 0.3) is 0 Å². The van der Waals surface area contributed by atoms with Crippen LogP contribution >= 0.6 is 0 Å². The lowest BCUT2D eigenvalue weighted by atomic mass is 10.0. The zero-order chi connectivity index (χ0) is 13.9. The van der Waals surface area contributed by atoms with Crippen molar-refractivity contribution in [1.82, 2.24) is 4.72 Å². The molecule has 0 aliphatic carbocycles. The normalized spacial score (nSPS) is 11.4. The first kappa shape index (κ1) is 13.6. The van der Waals surface area contributed by atoms with E-state index in [4.69, 9.17) is 5.73 Å². The van der Waals surface area contributed by atoms with Crippen LogP contribution in [0, 0.1) is 0 Å². The molecule has 2 aromatic rings. The lowest BCUT2D eigenvalue weighted by Crippen LogP contribution is -2.21. The molecule has 2 rings (SSSR count). The molecule has 0 saturated carbocycles. The first-order valence-electron chi connectivity index (χ1n) is 5.84. The fourth-order valence-corrected chi connectivity index (χ4v) is 2.19. The highest BCUT2D eigenvalue weighted by Crippen LogP contribution is 2.23. The third-order valence-corrected chi connectivity index (χ3v) is 3.45.